The number of rotatable bonds is 2. The lowest BCUT2D eigenvalue weighted by molar-refractivity contribution is 0.0920. The summed E-state index contributed by atoms with van der Waals surface area (Å²) in [6, 6.07) is 10.6. The maximum absolute atomic E-state index is 5.56. The minimum absolute atomic E-state index is 0.157. The Morgan fingerprint density at radius 3 is 2.58 bits per heavy atom. The lowest BCUT2D eigenvalue weighted by atomic mass is 9.97. The smallest absolute Gasteiger partial charge is 0.225 e. The Labute approximate surface area is 113 Å². The first kappa shape index (κ1) is 12.3. The van der Waals surface area contributed by atoms with Crippen molar-refractivity contribution in [3.63, 3.8) is 0 Å². The van der Waals surface area contributed by atoms with Gasteiger partial charge in [-0.25, -0.2) is 5.43 Å². The Morgan fingerprint density at radius 2 is 1.95 bits per heavy atom. The van der Waals surface area contributed by atoms with Crippen LogP contribution in [0.15, 0.2) is 35.4 Å². The number of guanidine groups is 1. The van der Waals surface area contributed by atoms with Gasteiger partial charge in [-0.15, -0.1) is 5.10 Å². The molecule has 2 aliphatic heterocycles. The Kier molecular flexibility index (Phi) is 3.27. The van der Waals surface area contributed by atoms with Crippen LogP contribution in [-0.4, -0.2) is 29.6 Å². The maximum atomic E-state index is 5.56. The Balaban J connectivity index is 1.55. The van der Waals surface area contributed by atoms with Crippen LogP contribution in [0.4, 0.5) is 0 Å². The van der Waals surface area contributed by atoms with E-state index in [0.717, 1.165) is 32.5 Å². The van der Waals surface area contributed by atoms with E-state index in [9.17, 15) is 0 Å². The van der Waals surface area contributed by atoms with Crippen LogP contribution < -0.4 is 22.0 Å². The second-order valence-electron chi connectivity index (χ2n) is 5.20. The summed E-state index contributed by atoms with van der Waals surface area (Å²) in [6.45, 7) is 3.08. The van der Waals surface area contributed by atoms with Crippen LogP contribution in [0.5, 0.6) is 0 Å². The number of benzene rings is 1. The fourth-order valence-corrected chi connectivity index (χ4v) is 2.58. The van der Waals surface area contributed by atoms with Crippen molar-refractivity contribution in [1.29, 1.82) is 0 Å². The molecule has 1 fully saturated rings. The molecule has 19 heavy (non-hydrogen) atoms. The van der Waals surface area contributed by atoms with E-state index in [1.807, 2.05) is 0 Å². The first-order valence-electron chi connectivity index (χ1n) is 6.66. The first-order chi connectivity index (χ1) is 9.26. The highest BCUT2D eigenvalue weighted by Gasteiger charge is 2.36. The molecule has 0 aliphatic carbocycles. The van der Waals surface area contributed by atoms with Crippen LogP contribution in [-0.2, 0) is 6.54 Å². The average molecular weight is 260 g/mol. The van der Waals surface area contributed by atoms with Gasteiger partial charge in [-0.05, 0) is 18.4 Å². The number of likely N-dealkylation sites (tertiary alicyclic amines) is 1. The van der Waals surface area contributed by atoms with Crippen LogP contribution >= 0.6 is 0 Å². The molecule has 1 aromatic rings. The molecule has 1 saturated heterocycles. The fraction of sp³-hybridized carbons (Fsp3) is 0.462. The fourth-order valence-electron chi connectivity index (χ4n) is 2.58. The molecule has 6 heteroatoms. The van der Waals surface area contributed by atoms with E-state index in [2.05, 4.69) is 56.6 Å². The summed E-state index contributed by atoms with van der Waals surface area (Å²) in [6.07, 6.45) is 1.98. The minimum atomic E-state index is -0.157. The summed E-state index contributed by atoms with van der Waals surface area (Å²) in [5, 5.41) is 4.07. The van der Waals surface area contributed by atoms with Crippen molar-refractivity contribution >= 4 is 5.96 Å². The average Bonchev–Trinajstić information content (AvgIpc) is 2.46. The third-order valence-corrected chi connectivity index (χ3v) is 3.78. The zero-order valence-electron chi connectivity index (χ0n) is 10.9. The highest BCUT2D eigenvalue weighted by atomic mass is 15.6. The predicted molar refractivity (Wildman–Crippen MR) is 74.7 cm³/mol. The van der Waals surface area contributed by atoms with Gasteiger partial charge in [0.05, 0.1) is 0 Å². The maximum Gasteiger partial charge on any atom is 0.225 e. The highest BCUT2D eigenvalue weighted by Crippen LogP contribution is 2.21. The van der Waals surface area contributed by atoms with Gasteiger partial charge in [0.25, 0.3) is 0 Å². The van der Waals surface area contributed by atoms with Crippen molar-refractivity contribution in [1.82, 2.24) is 21.2 Å². The minimum Gasteiger partial charge on any atom is -0.367 e. The van der Waals surface area contributed by atoms with Crippen LogP contribution in [0.1, 0.15) is 18.4 Å². The second-order valence-corrected chi connectivity index (χ2v) is 5.20. The molecule has 0 saturated carbocycles. The van der Waals surface area contributed by atoms with Crippen LogP contribution in [0.2, 0.25) is 0 Å². The molecule has 0 unspecified atom stereocenters. The van der Waals surface area contributed by atoms with Gasteiger partial charge in [-0.3, -0.25) is 15.8 Å². The Hall–Kier alpha value is -1.79. The van der Waals surface area contributed by atoms with Gasteiger partial charge in [0.15, 0.2) is 0 Å². The first-order valence-corrected chi connectivity index (χ1v) is 6.66. The molecular formula is C13H20N6. The molecule has 0 radical (unpaired) electrons. The molecule has 1 spiro atoms. The Bertz CT molecular complexity index is 449. The number of hydrogen-bond donors (Lipinski definition) is 4. The lowest BCUT2D eigenvalue weighted by Crippen LogP contribution is -2.69. The molecule has 6 nitrogen and oxygen atoms in total. The predicted octanol–water partition coefficient (Wildman–Crippen LogP) is -0.0942. The molecule has 102 valence electrons. The summed E-state index contributed by atoms with van der Waals surface area (Å²) in [7, 11) is 0. The molecule has 0 atom stereocenters. The van der Waals surface area contributed by atoms with Gasteiger partial charge in [-0.1, -0.05) is 30.3 Å². The number of hydrazone groups is 1. The molecular weight excluding hydrogens is 240 g/mol. The molecule has 5 N–H and O–H groups in total. The summed E-state index contributed by atoms with van der Waals surface area (Å²) in [5.74, 6) is 0.386. The Morgan fingerprint density at radius 1 is 1.21 bits per heavy atom. The monoisotopic (exact) mass is 260 g/mol. The summed E-state index contributed by atoms with van der Waals surface area (Å²) < 4.78 is 0. The van der Waals surface area contributed by atoms with Crippen molar-refractivity contribution in [2.24, 2.45) is 10.8 Å². The zero-order valence-corrected chi connectivity index (χ0v) is 10.9. The largest absolute Gasteiger partial charge is 0.367 e. The number of nitrogens with one attached hydrogen (secondary N) is 3. The summed E-state index contributed by atoms with van der Waals surface area (Å²) in [4.78, 5) is 2.46. The van der Waals surface area contributed by atoms with E-state index in [-0.39, 0.29) is 5.66 Å². The topological polar surface area (TPSA) is 77.7 Å². The molecule has 2 aliphatic rings. The van der Waals surface area contributed by atoms with E-state index < -0.39 is 0 Å². The van der Waals surface area contributed by atoms with Gasteiger partial charge in [0.2, 0.25) is 5.96 Å². The van der Waals surface area contributed by atoms with E-state index in [0.29, 0.717) is 5.96 Å². The second kappa shape index (κ2) is 5.07. The highest BCUT2D eigenvalue weighted by molar-refractivity contribution is 5.77. The van der Waals surface area contributed by atoms with Crippen molar-refractivity contribution in [3.05, 3.63) is 35.9 Å². The number of nitrogens with zero attached hydrogens (tertiary/aromatic N) is 2. The third-order valence-electron chi connectivity index (χ3n) is 3.78. The van der Waals surface area contributed by atoms with Gasteiger partial charge in [0.1, 0.15) is 5.66 Å². The van der Waals surface area contributed by atoms with Crippen LogP contribution in [0.25, 0.3) is 0 Å². The van der Waals surface area contributed by atoms with Gasteiger partial charge >= 0.3 is 0 Å². The molecule has 0 bridgehead atoms. The van der Waals surface area contributed by atoms with Crippen molar-refractivity contribution < 1.29 is 0 Å². The number of hydrazine groups is 1. The van der Waals surface area contributed by atoms with E-state index in [1.165, 1.54) is 5.56 Å². The summed E-state index contributed by atoms with van der Waals surface area (Å²) in [5.41, 5.74) is 16.0. The van der Waals surface area contributed by atoms with Crippen LogP contribution in [0.3, 0.4) is 0 Å². The zero-order chi connectivity index (χ0) is 13.1. The molecule has 3 rings (SSSR count). The van der Waals surface area contributed by atoms with Crippen molar-refractivity contribution in [2.45, 2.75) is 25.0 Å². The lowest BCUT2D eigenvalue weighted by Gasteiger charge is -2.43. The van der Waals surface area contributed by atoms with Gasteiger partial charge < -0.3 is 5.73 Å². The molecule has 1 aromatic carbocycles. The SMILES string of the molecule is NC1=NNC2(CCN(Cc3ccccc3)CC2)NN1. The van der Waals surface area contributed by atoms with Gasteiger partial charge in [0, 0.05) is 19.6 Å². The van der Waals surface area contributed by atoms with Gasteiger partial charge in [-0.2, -0.15) is 0 Å². The normalized spacial score (nSPS) is 22.4. The van der Waals surface area contributed by atoms with E-state index in [4.69, 9.17) is 5.73 Å². The quantitative estimate of drug-likeness (QED) is 0.597. The molecule has 2 heterocycles. The summed E-state index contributed by atoms with van der Waals surface area (Å²) >= 11 is 0. The van der Waals surface area contributed by atoms with Crippen molar-refractivity contribution in [3.8, 4) is 0 Å². The third kappa shape index (κ3) is 2.80. The van der Waals surface area contributed by atoms with E-state index in [1.54, 1.807) is 0 Å². The van der Waals surface area contributed by atoms with Crippen molar-refractivity contribution in [2.75, 3.05) is 13.1 Å². The standard InChI is InChI=1S/C13H20N6/c14-12-15-17-13(18-16-12)6-8-19(9-7-13)10-11-4-2-1-3-5-11/h1-5,17-18H,6-10H2,(H3,14,15,16). The number of hydrogen-bond acceptors (Lipinski definition) is 6. The molecule has 0 aromatic heterocycles. The number of nitrogens with two attached hydrogens (primary N) is 1. The van der Waals surface area contributed by atoms with Crippen LogP contribution in [0, 0.1) is 0 Å². The number of piperidine rings is 1. The van der Waals surface area contributed by atoms with E-state index >= 15 is 0 Å². The molecule has 0 amide bonds.